The largest absolute Gasteiger partial charge is 0.359 e. The molecule has 0 saturated heterocycles. The van der Waals surface area contributed by atoms with Crippen LogP contribution in [-0.2, 0) is 11.3 Å². The highest BCUT2D eigenvalue weighted by molar-refractivity contribution is 9.10. The molecular weight excluding hydrogens is 268 g/mol. The third-order valence-electron chi connectivity index (χ3n) is 2.36. The average molecular weight is 285 g/mol. The quantitative estimate of drug-likeness (QED) is 0.812. The van der Waals surface area contributed by atoms with Crippen LogP contribution in [0.1, 0.15) is 17.5 Å². The van der Waals surface area contributed by atoms with Crippen LogP contribution in [0, 0.1) is 6.92 Å². The molecule has 88 valence electrons. The molecule has 0 bridgehead atoms. The van der Waals surface area contributed by atoms with Crippen LogP contribution in [0.15, 0.2) is 22.7 Å². The van der Waals surface area contributed by atoms with E-state index in [1.54, 1.807) is 7.05 Å². The van der Waals surface area contributed by atoms with Crippen LogP contribution in [-0.4, -0.2) is 19.5 Å². The summed E-state index contributed by atoms with van der Waals surface area (Å²) in [5.41, 5.74) is 2.46. The second-order valence-electron chi connectivity index (χ2n) is 3.68. The second-order valence-corrected chi connectivity index (χ2v) is 4.54. The van der Waals surface area contributed by atoms with Crippen molar-refractivity contribution in [1.29, 1.82) is 0 Å². The molecule has 1 aromatic carbocycles. The Morgan fingerprint density at radius 2 is 2.19 bits per heavy atom. The van der Waals surface area contributed by atoms with Gasteiger partial charge in [0.25, 0.3) is 0 Å². The summed E-state index contributed by atoms with van der Waals surface area (Å²) in [6.45, 7) is 3.57. The zero-order chi connectivity index (χ0) is 12.0. The molecule has 0 radical (unpaired) electrons. The fourth-order valence-corrected chi connectivity index (χ4v) is 1.62. The van der Waals surface area contributed by atoms with E-state index < -0.39 is 0 Å². The lowest BCUT2D eigenvalue weighted by Gasteiger charge is -2.06. The number of nitrogens with one attached hydrogen (secondary N) is 2. The van der Waals surface area contributed by atoms with Gasteiger partial charge in [-0.15, -0.1) is 0 Å². The van der Waals surface area contributed by atoms with Gasteiger partial charge in [0.15, 0.2) is 0 Å². The first-order valence-corrected chi connectivity index (χ1v) is 6.09. The van der Waals surface area contributed by atoms with E-state index in [2.05, 4.69) is 45.6 Å². The molecule has 0 heterocycles. The van der Waals surface area contributed by atoms with Crippen molar-refractivity contribution in [1.82, 2.24) is 10.6 Å². The first-order valence-electron chi connectivity index (χ1n) is 5.30. The van der Waals surface area contributed by atoms with Crippen LogP contribution in [0.3, 0.4) is 0 Å². The molecule has 1 aromatic rings. The molecule has 0 atom stereocenters. The minimum Gasteiger partial charge on any atom is -0.359 e. The maximum atomic E-state index is 11.0. The van der Waals surface area contributed by atoms with E-state index in [9.17, 15) is 4.79 Å². The van der Waals surface area contributed by atoms with E-state index in [4.69, 9.17) is 0 Å². The molecule has 0 unspecified atom stereocenters. The average Bonchev–Trinajstić information content (AvgIpc) is 2.28. The smallest absolute Gasteiger partial charge is 0.221 e. The molecule has 0 spiro atoms. The maximum Gasteiger partial charge on any atom is 0.221 e. The number of halogens is 1. The minimum absolute atomic E-state index is 0.0690. The van der Waals surface area contributed by atoms with Gasteiger partial charge in [-0.25, -0.2) is 0 Å². The van der Waals surface area contributed by atoms with Crippen molar-refractivity contribution >= 4 is 21.8 Å². The van der Waals surface area contributed by atoms with Gasteiger partial charge < -0.3 is 10.6 Å². The highest BCUT2D eigenvalue weighted by Crippen LogP contribution is 2.16. The standard InChI is InChI=1S/C12H17BrN2O/c1-9-7-10(3-4-11(9)13)8-15-6-5-12(16)14-2/h3-4,7,15H,5-6,8H2,1-2H3,(H,14,16). The van der Waals surface area contributed by atoms with Crippen molar-refractivity contribution in [2.24, 2.45) is 0 Å². The summed E-state index contributed by atoms with van der Waals surface area (Å²) in [5, 5.41) is 5.83. The SMILES string of the molecule is CNC(=O)CCNCc1ccc(Br)c(C)c1. The topological polar surface area (TPSA) is 41.1 Å². The van der Waals surface area contributed by atoms with Crippen molar-refractivity contribution in [3.63, 3.8) is 0 Å². The fraction of sp³-hybridized carbons (Fsp3) is 0.417. The summed E-state index contributed by atoms with van der Waals surface area (Å²) in [7, 11) is 1.65. The minimum atomic E-state index is 0.0690. The van der Waals surface area contributed by atoms with Crippen LogP contribution >= 0.6 is 15.9 Å². The number of rotatable bonds is 5. The third kappa shape index (κ3) is 4.33. The summed E-state index contributed by atoms with van der Waals surface area (Å²) < 4.78 is 1.13. The second kappa shape index (κ2) is 6.66. The van der Waals surface area contributed by atoms with E-state index in [1.165, 1.54) is 11.1 Å². The summed E-state index contributed by atoms with van der Waals surface area (Å²) in [6.07, 6.45) is 0.520. The molecule has 0 aliphatic heterocycles. The molecule has 3 nitrogen and oxygen atoms in total. The number of hydrogen-bond donors (Lipinski definition) is 2. The Kier molecular flexibility index (Phi) is 5.49. The molecule has 16 heavy (non-hydrogen) atoms. The molecular formula is C12H17BrN2O. The molecule has 0 saturated carbocycles. The van der Waals surface area contributed by atoms with E-state index >= 15 is 0 Å². The lowest BCUT2D eigenvalue weighted by atomic mass is 10.1. The van der Waals surface area contributed by atoms with E-state index in [1.807, 2.05) is 6.07 Å². The molecule has 1 amide bonds. The molecule has 2 N–H and O–H groups in total. The normalized spacial score (nSPS) is 10.2. The van der Waals surface area contributed by atoms with Crippen molar-refractivity contribution < 1.29 is 4.79 Å². The molecule has 0 fully saturated rings. The summed E-state index contributed by atoms with van der Waals surface area (Å²) in [5.74, 6) is 0.0690. The van der Waals surface area contributed by atoms with E-state index in [0.717, 1.165) is 11.0 Å². The van der Waals surface area contributed by atoms with Crippen LogP contribution in [0.5, 0.6) is 0 Å². The number of carbonyl (C=O) groups is 1. The number of benzene rings is 1. The van der Waals surface area contributed by atoms with Crippen molar-refractivity contribution in [2.45, 2.75) is 19.9 Å². The van der Waals surface area contributed by atoms with Crippen molar-refractivity contribution in [3.05, 3.63) is 33.8 Å². The molecule has 1 rings (SSSR count). The summed E-state index contributed by atoms with van der Waals surface area (Å²) >= 11 is 3.47. The highest BCUT2D eigenvalue weighted by Gasteiger charge is 1.99. The molecule has 4 heteroatoms. The molecule has 0 aromatic heterocycles. The summed E-state index contributed by atoms with van der Waals surface area (Å²) in [6, 6.07) is 6.26. The predicted molar refractivity (Wildman–Crippen MR) is 69.3 cm³/mol. The van der Waals surface area contributed by atoms with Crippen molar-refractivity contribution in [3.8, 4) is 0 Å². The first kappa shape index (κ1) is 13.2. The number of hydrogen-bond acceptors (Lipinski definition) is 2. The Labute approximate surface area is 105 Å². The van der Waals surface area contributed by atoms with Crippen molar-refractivity contribution in [2.75, 3.05) is 13.6 Å². The lowest BCUT2D eigenvalue weighted by molar-refractivity contribution is -0.120. The number of amides is 1. The Morgan fingerprint density at radius 1 is 1.44 bits per heavy atom. The van der Waals surface area contributed by atoms with Gasteiger partial charge in [-0.1, -0.05) is 28.1 Å². The van der Waals surface area contributed by atoms with Crippen LogP contribution in [0.4, 0.5) is 0 Å². The van der Waals surface area contributed by atoms with E-state index in [-0.39, 0.29) is 5.91 Å². The van der Waals surface area contributed by atoms with Gasteiger partial charge in [0, 0.05) is 31.0 Å². The van der Waals surface area contributed by atoms with Gasteiger partial charge in [0.05, 0.1) is 0 Å². The van der Waals surface area contributed by atoms with Crippen LogP contribution in [0.2, 0.25) is 0 Å². The number of aryl methyl sites for hydroxylation is 1. The third-order valence-corrected chi connectivity index (χ3v) is 3.25. The monoisotopic (exact) mass is 284 g/mol. The Hall–Kier alpha value is -0.870. The lowest BCUT2D eigenvalue weighted by Crippen LogP contribution is -2.24. The van der Waals surface area contributed by atoms with Gasteiger partial charge in [-0.05, 0) is 24.1 Å². The first-order chi connectivity index (χ1) is 7.63. The van der Waals surface area contributed by atoms with E-state index in [0.29, 0.717) is 13.0 Å². The predicted octanol–water partition coefficient (Wildman–Crippen LogP) is 1.98. The van der Waals surface area contributed by atoms with Gasteiger partial charge in [-0.2, -0.15) is 0 Å². The highest BCUT2D eigenvalue weighted by atomic mass is 79.9. The van der Waals surface area contributed by atoms with Gasteiger partial charge in [0.2, 0.25) is 5.91 Å². The fourth-order valence-electron chi connectivity index (χ4n) is 1.38. The zero-order valence-corrected chi connectivity index (χ0v) is 11.2. The maximum absolute atomic E-state index is 11.0. The van der Waals surface area contributed by atoms with Gasteiger partial charge in [0.1, 0.15) is 0 Å². The number of carbonyl (C=O) groups excluding carboxylic acids is 1. The molecule has 0 aliphatic rings. The Balaban J connectivity index is 2.32. The van der Waals surface area contributed by atoms with Gasteiger partial charge in [-0.3, -0.25) is 4.79 Å². The Bertz CT molecular complexity index is 366. The summed E-state index contributed by atoms with van der Waals surface area (Å²) in [4.78, 5) is 11.0. The van der Waals surface area contributed by atoms with Crippen LogP contribution < -0.4 is 10.6 Å². The zero-order valence-electron chi connectivity index (χ0n) is 9.64. The Morgan fingerprint density at radius 3 is 2.81 bits per heavy atom. The van der Waals surface area contributed by atoms with Crippen LogP contribution in [0.25, 0.3) is 0 Å². The van der Waals surface area contributed by atoms with Gasteiger partial charge >= 0.3 is 0 Å². The molecule has 0 aliphatic carbocycles.